The first kappa shape index (κ1) is 22.0. The highest BCUT2D eigenvalue weighted by Crippen LogP contribution is 2.38. The van der Waals surface area contributed by atoms with Gasteiger partial charge in [-0.25, -0.2) is 0 Å². The van der Waals surface area contributed by atoms with Crippen LogP contribution in [0.5, 0.6) is 0 Å². The molecule has 6 nitrogen and oxygen atoms in total. The molecule has 7 heteroatoms. The van der Waals surface area contributed by atoms with Gasteiger partial charge in [0.25, 0.3) is 7.82 Å². The van der Waals surface area contributed by atoms with E-state index in [0.717, 1.165) is 12.8 Å². The molecule has 0 radical (unpaired) electrons. The third-order valence-electron chi connectivity index (χ3n) is 3.38. The lowest BCUT2D eigenvalue weighted by atomic mass is 10.1. The summed E-state index contributed by atoms with van der Waals surface area (Å²) in [7, 11) is -4.36. The Balaban J connectivity index is 3.35. The van der Waals surface area contributed by atoms with Gasteiger partial charge in [0.05, 0.1) is 19.8 Å². The standard InChI is InChI=1S/C15H33O6P/c1-2-3-4-5-6-7-8-9-10-11-12-20-22(18,19)21-14-15(17)13-16/h15-17H,2-14H2,1H3,(H,18,19)/p-1. The van der Waals surface area contributed by atoms with E-state index in [-0.39, 0.29) is 6.61 Å². The monoisotopic (exact) mass is 339 g/mol. The summed E-state index contributed by atoms with van der Waals surface area (Å²) in [6.07, 6.45) is 10.4. The van der Waals surface area contributed by atoms with Crippen LogP contribution in [0.3, 0.4) is 0 Å². The van der Waals surface area contributed by atoms with Crippen molar-refractivity contribution in [2.24, 2.45) is 0 Å². The largest absolute Gasteiger partial charge is 0.756 e. The number of hydrogen-bond acceptors (Lipinski definition) is 6. The zero-order chi connectivity index (χ0) is 16.7. The van der Waals surface area contributed by atoms with Gasteiger partial charge in [0.15, 0.2) is 0 Å². The number of hydrogen-bond donors (Lipinski definition) is 2. The number of unbranched alkanes of at least 4 members (excludes halogenated alkanes) is 9. The van der Waals surface area contributed by atoms with E-state index >= 15 is 0 Å². The summed E-state index contributed by atoms with van der Waals surface area (Å²) in [5, 5.41) is 17.5. The van der Waals surface area contributed by atoms with Crippen LogP contribution < -0.4 is 4.89 Å². The average molecular weight is 339 g/mol. The van der Waals surface area contributed by atoms with Crippen LogP contribution in [0, 0.1) is 0 Å². The maximum absolute atomic E-state index is 11.3. The molecule has 0 aromatic carbocycles. The molecule has 2 unspecified atom stereocenters. The van der Waals surface area contributed by atoms with E-state index in [1.165, 1.54) is 44.9 Å². The minimum atomic E-state index is -4.36. The Hall–Kier alpha value is 0.0300. The van der Waals surface area contributed by atoms with Crippen molar-refractivity contribution in [1.29, 1.82) is 0 Å². The van der Waals surface area contributed by atoms with Gasteiger partial charge < -0.3 is 24.2 Å². The van der Waals surface area contributed by atoms with E-state index in [0.29, 0.717) is 6.42 Å². The van der Waals surface area contributed by atoms with E-state index in [1.807, 2.05) is 0 Å². The van der Waals surface area contributed by atoms with Crippen LogP contribution in [0.2, 0.25) is 0 Å². The van der Waals surface area contributed by atoms with Crippen molar-refractivity contribution >= 4 is 7.82 Å². The van der Waals surface area contributed by atoms with Gasteiger partial charge in [-0.3, -0.25) is 4.57 Å². The second kappa shape index (κ2) is 14.6. The third-order valence-corrected chi connectivity index (χ3v) is 4.35. The van der Waals surface area contributed by atoms with E-state index < -0.39 is 27.1 Å². The predicted molar refractivity (Wildman–Crippen MR) is 84.4 cm³/mol. The Morgan fingerprint density at radius 3 is 1.95 bits per heavy atom. The molecule has 0 aliphatic carbocycles. The third kappa shape index (κ3) is 14.9. The Morgan fingerprint density at radius 2 is 1.45 bits per heavy atom. The fourth-order valence-electron chi connectivity index (χ4n) is 2.03. The maximum atomic E-state index is 11.3. The molecule has 134 valence electrons. The Morgan fingerprint density at radius 1 is 0.955 bits per heavy atom. The van der Waals surface area contributed by atoms with Gasteiger partial charge in [-0.2, -0.15) is 0 Å². The number of rotatable bonds is 16. The summed E-state index contributed by atoms with van der Waals surface area (Å²) in [5.74, 6) is 0. The van der Waals surface area contributed by atoms with Crippen molar-refractivity contribution in [2.75, 3.05) is 19.8 Å². The van der Waals surface area contributed by atoms with Crippen molar-refractivity contribution < 1.29 is 28.7 Å². The maximum Gasteiger partial charge on any atom is 0.267 e. The smallest absolute Gasteiger partial charge is 0.267 e. The van der Waals surface area contributed by atoms with Crippen molar-refractivity contribution in [3.8, 4) is 0 Å². The summed E-state index contributed by atoms with van der Waals surface area (Å²) in [5.41, 5.74) is 0. The van der Waals surface area contributed by atoms with Crippen LogP contribution >= 0.6 is 7.82 Å². The van der Waals surface area contributed by atoms with E-state index in [2.05, 4.69) is 16.0 Å². The Bertz CT molecular complexity index is 287. The molecule has 0 spiro atoms. The van der Waals surface area contributed by atoms with Crippen LogP contribution in [0.1, 0.15) is 71.1 Å². The van der Waals surface area contributed by atoms with Crippen LogP contribution in [0.25, 0.3) is 0 Å². The molecule has 0 fully saturated rings. The molecule has 0 aliphatic heterocycles. The summed E-state index contributed by atoms with van der Waals surface area (Å²) in [4.78, 5) is 11.3. The van der Waals surface area contributed by atoms with Crippen molar-refractivity contribution in [1.82, 2.24) is 0 Å². The van der Waals surface area contributed by atoms with Gasteiger partial charge in [0.1, 0.15) is 6.10 Å². The number of aliphatic hydroxyl groups is 2. The average Bonchev–Trinajstić information content (AvgIpc) is 2.50. The molecular weight excluding hydrogens is 307 g/mol. The second-order valence-corrected chi connectivity index (χ2v) is 7.01. The molecule has 0 amide bonds. The van der Waals surface area contributed by atoms with Crippen LogP contribution in [-0.4, -0.2) is 36.1 Å². The highest BCUT2D eigenvalue weighted by atomic mass is 31.2. The number of phosphoric acid groups is 1. The van der Waals surface area contributed by atoms with Gasteiger partial charge in [0, 0.05) is 0 Å². The molecule has 0 heterocycles. The quantitative estimate of drug-likeness (QED) is 0.331. The number of aliphatic hydroxyl groups excluding tert-OH is 2. The minimum absolute atomic E-state index is 0.104. The molecule has 2 N–H and O–H groups in total. The van der Waals surface area contributed by atoms with Gasteiger partial charge in [-0.1, -0.05) is 64.7 Å². The Labute approximate surface area is 134 Å². The lowest BCUT2D eigenvalue weighted by Crippen LogP contribution is -2.21. The van der Waals surface area contributed by atoms with Crippen molar-refractivity contribution in [3.05, 3.63) is 0 Å². The molecule has 2 atom stereocenters. The molecule has 0 aliphatic rings. The van der Waals surface area contributed by atoms with E-state index in [9.17, 15) is 9.46 Å². The number of phosphoric ester groups is 1. The molecule has 0 aromatic rings. The summed E-state index contributed by atoms with van der Waals surface area (Å²) in [6.45, 7) is 1.29. The normalized spacial score (nSPS) is 15.6. The molecule has 22 heavy (non-hydrogen) atoms. The summed E-state index contributed by atoms with van der Waals surface area (Å²) in [6, 6.07) is 0. The van der Waals surface area contributed by atoms with E-state index in [4.69, 9.17) is 10.2 Å². The minimum Gasteiger partial charge on any atom is -0.756 e. The van der Waals surface area contributed by atoms with Crippen LogP contribution in [0.4, 0.5) is 0 Å². The topological polar surface area (TPSA) is 99.1 Å². The van der Waals surface area contributed by atoms with Crippen molar-refractivity contribution in [3.63, 3.8) is 0 Å². The first-order valence-electron chi connectivity index (χ1n) is 8.41. The first-order chi connectivity index (χ1) is 10.5. The first-order valence-corrected chi connectivity index (χ1v) is 9.87. The van der Waals surface area contributed by atoms with Gasteiger partial charge in [0.2, 0.25) is 0 Å². The molecule has 0 saturated heterocycles. The molecule has 0 saturated carbocycles. The molecule has 0 rings (SSSR count). The Kier molecular flexibility index (Phi) is 14.6. The van der Waals surface area contributed by atoms with Gasteiger partial charge >= 0.3 is 0 Å². The SMILES string of the molecule is CCCCCCCCCCCCOP(=O)([O-])OCC(O)CO. The predicted octanol–water partition coefficient (Wildman–Crippen LogP) is 2.76. The van der Waals surface area contributed by atoms with Gasteiger partial charge in [-0.15, -0.1) is 0 Å². The summed E-state index contributed by atoms with van der Waals surface area (Å²) >= 11 is 0. The highest BCUT2D eigenvalue weighted by Gasteiger charge is 2.12. The highest BCUT2D eigenvalue weighted by molar-refractivity contribution is 7.45. The molecular formula is C15H32O6P-. The molecule has 0 aromatic heterocycles. The lowest BCUT2D eigenvalue weighted by Gasteiger charge is -2.23. The van der Waals surface area contributed by atoms with Gasteiger partial charge in [-0.05, 0) is 6.42 Å². The lowest BCUT2D eigenvalue weighted by molar-refractivity contribution is -0.227. The zero-order valence-electron chi connectivity index (χ0n) is 13.7. The van der Waals surface area contributed by atoms with Crippen molar-refractivity contribution in [2.45, 2.75) is 77.2 Å². The van der Waals surface area contributed by atoms with E-state index in [1.54, 1.807) is 0 Å². The zero-order valence-corrected chi connectivity index (χ0v) is 14.6. The van der Waals surface area contributed by atoms with Crippen LogP contribution in [-0.2, 0) is 13.6 Å². The second-order valence-electron chi connectivity index (χ2n) is 5.59. The molecule has 0 bridgehead atoms. The summed E-state index contributed by atoms with van der Waals surface area (Å²) < 4.78 is 20.4. The van der Waals surface area contributed by atoms with Crippen LogP contribution in [0.15, 0.2) is 0 Å². The fourth-order valence-corrected chi connectivity index (χ4v) is 2.82. The fraction of sp³-hybridized carbons (Fsp3) is 1.00.